The van der Waals surface area contributed by atoms with Crippen molar-refractivity contribution in [3.8, 4) is 0 Å². The van der Waals surface area contributed by atoms with E-state index in [0.29, 0.717) is 18.3 Å². The fourth-order valence-electron chi connectivity index (χ4n) is 3.41. The number of hydrogen-bond acceptors (Lipinski definition) is 2. The first-order valence-corrected chi connectivity index (χ1v) is 8.53. The molecule has 1 aromatic heterocycles. The number of carbonyl (C=O) groups excluding carboxylic acids is 1. The van der Waals surface area contributed by atoms with Crippen molar-refractivity contribution in [1.29, 1.82) is 0 Å². The highest BCUT2D eigenvalue weighted by Crippen LogP contribution is 2.31. The lowest BCUT2D eigenvalue weighted by atomic mass is 9.82. The first-order chi connectivity index (χ1) is 11.3. The van der Waals surface area contributed by atoms with E-state index in [1.807, 2.05) is 0 Å². The van der Waals surface area contributed by atoms with Crippen LogP contribution in [0.15, 0.2) is 53.1 Å². The minimum atomic E-state index is -0.129. The van der Waals surface area contributed by atoms with Gasteiger partial charge >= 0.3 is 0 Å². The van der Waals surface area contributed by atoms with Crippen molar-refractivity contribution in [2.45, 2.75) is 37.6 Å². The van der Waals surface area contributed by atoms with Crippen LogP contribution in [0, 0.1) is 0 Å². The van der Waals surface area contributed by atoms with E-state index in [4.69, 9.17) is 4.42 Å². The van der Waals surface area contributed by atoms with Gasteiger partial charge in [0.05, 0.1) is 25.4 Å². The third-order valence-electron chi connectivity index (χ3n) is 4.72. The quantitative estimate of drug-likeness (QED) is 0.804. The third kappa shape index (κ3) is 4.45. The van der Waals surface area contributed by atoms with E-state index >= 15 is 0 Å². The van der Waals surface area contributed by atoms with Crippen molar-refractivity contribution in [1.82, 2.24) is 5.32 Å². The van der Waals surface area contributed by atoms with Crippen molar-refractivity contribution in [2.75, 3.05) is 13.1 Å². The summed E-state index contributed by atoms with van der Waals surface area (Å²) in [4.78, 5) is 11.7. The smallest absolute Gasteiger partial charge is 0.287 e. The molecule has 0 spiro atoms. The lowest BCUT2D eigenvalue weighted by Gasteiger charge is -2.27. The third-order valence-corrected chi connectivity index (χ3v) is 4.72. The van der Waals surface area contributed by atoms with Crippen molar-refractivity contribution in [2.24, 2.45) is 0 Å². The summed E-state index contributed by atoms with van der Waals surface area (Å²) in [6.45, 7) is 1.60. The van der Waals surface area contributed by atoms with E-state index in [9.17, 15) is 4.79 Å². The fourth-order valence-corrected chi connectivity index (χ4v) is 3.41. The average Bonchev–Trinajstić information content (AvgIpc) is 3.15. The Kier molecular flexibility index (Phi) is 5.48. The molecule has 1 aliphatic carbocycles. The number of quaternary nitrogens is 1. The molecule has 0 radical (unpaired) electrons. The summed E-state index contributed by atoms with van der Waals surface area (Å²) in [5.74, 6) is 0.976. The summed E-state index contributed by atoms with van der Waals surface area (Å²) in [5, 5.41) is 5.27. The molecule has 122 valence electrons. The molecule has 3 rings (SSSR count). The molecule has 4 heteroatoms. The summed E-state index contributed by atoms with van der Waals surface area (Å²) in [5.41, 5.74) is 1.48. The van der Waals surface area contributed by atoms with Crippen LogP contribution in [-0.4, -0.2) is 25.0 Å². The predicted octanol–water partition coefficient (Wildman–Crippen LogP) is 2.30. The van der Waals surface area contributed by atoms with Crippen LogP contribution in [0.5, 0.6) is 0 Å². The number of hydrogen-bond donors (Lipinski definition) is 2. The van der Waals surface area contributed by atoms with Crippen LogP contribution >= 0.6 is 0 Å². The molecule has 1 aliphatic rings. The van der Waals surface area contributed by atoms with Crippen molar-refractivity contribution in [3.05, 3.63) is 60.1 Å². The summed E-state index contributed by atoms with van der Waals surface area (Å²) >= 11 is 0. The number of amides is 1. The number of furan rings is 1. The van der Waals surface area contributed by atoms with Gasteiger partial charge in [0.25, 0.3) is 5.91 Å². The van der Waals surface area contributed by atoms with Crippen LogP contribution < -0.4 is 10.6 Å². The maximum absolute atomic E-state index is 11.7. The molecule has 1 amide bonds. The SMILES string of the molecule is O=C(NCC[NH2+]C1CCC(c2ccccc2)CC1)c1ccco1. The molecule has 1 fully saturated rings. The number of benzene rings is 1. The molecule has 1 aromatic carbocycles. The predicted molar refractivity (Wildman–Crippen MR) is 89.3 cm³/mol. The number of carbonyl (C=O) groups is 1. The van der Waals surface area contributed by atoms with Crippen LogP contribution in [0.4, 0.5) is 0 Å². The van der Waals surface area contributed by atoms with Gasteiger partial charge in [-0.3, -0.25) is 4.79 Å². The highest BCUT2D eigenvalue weighted by atomic mass is 16.3. The fraction of sp³-hybridized carbons (Fsp3) is 0.421. The maximum atomic E-state index is 11.7. The van der Waals surface area contributed by atoms with Gasteiger partial charge in [-0.2, -0.15) is 0 Å². The highest BCUT2D eigenvalue weighted by molar-refractivity contribution is 5.91. The standard InChI is InChI=1S/C19H24N2O2/c22-19(18-7-4-14-23-18)21-13-12-20-17-10-8-16(9-11-17)15-5-2-1-3-6-15/h1-7,14,16-17,20H,8-13H2,(H,21,22)/p+1. The monoisotopic (exact) mass is 313 g/mol. The van der Waals surface area contributed by atoms with E-state index < -0.39 is 0 Å². The summed E-state index contributed by atoms with van der Waals surface area (Å²) < 4.78 is 5.07. The number of nitrogens with one attached hydrogen (secondary N) is 1. The van der Waals surface area contributed by atoms with E-state index in [2.05, 4.69) is 41.0 Å². The summed E-state index contributed by atoms with van der Waals surface area (Å²) in [7, 11) is 0. The first-order valence-electron chi connectivity index (χ1n) is 8.53. The molecule has 0 unspecified atom stereocenters. The molecule has 1 saturated carbocycles. The van der Waals surface area contributed by atoms with Crippen molar-refractivity contribution < 1.29 is 14.5 Å². The largest absolute Gasteiger partial charge is 0.459 e. The van der Waals surface area contributed by atoms with Gasteiger partial charge in [-0.1, -0.05) is 30.3 Å². The molecular formula is C19H25N2O2+. The van der Waals surface area contributed by atoms with Crippen molar-refractivity contribution in [3.63, 3.8) is 0 Å². The maximum Gasteiger partial charge on any atom is 0.287 e. The summed E-state index contributed by atoms with van der Waals surface area (Å²) in [6, 6.07) is 15.0. The van der Waals surface area contributed by atoms with Gasteiger partial charge in [0.1, 0.15) is 0 Å². The van der Waals surface area contributed by atoms with Gasteiger partial charge in [0.15, 0.2) is 5.76 Å². The lowest BCUT2D eigenvalue weighted by molar-refractivity contribution is -0.690. The molecule has 3 N–H and O–H groups in total. The minimum Gasteiger partial charge on any atom is -0.459 e. The molecule has 4 nitrogen and oxygen atoms in total. The van der Waals surface area contributed by atoms with Gasteiger partial charge in [-0.05, 0) is 49.3 Å². The zero-order valence-electron chi connectivity index (χ0n) is 13.4. The van der Waals surface area contributed by atoms with Gasteiger partial charge in [0.2, 0.25) is 0 Å². The van der Waals surface area contributed by atoms with Crippen molar-refractivity contribution >= 4 is 5.91 Å². The van der Waals surface area contributed by atoms with Crippen LogP contribution in [0.25, 0.3) is 0 Å². The van der Waals surface area contributed by atoms with E-state index in [1.165, 1.54) is 37.5 Å². The Bertz CT molecular complexity index is 587. The molecule has 0 saturated heterocycles. The second-order valence-electron chi connectivity index (χ2n) is 6.28. The van der Waals surface area contributed by atoms with Crippen LogP contribution in [0.3, 0.4) is 0 Å². The van der Waals surface area contributed by atoms with E-state index in [0.717, 1.165) is 12.5 Å². The van der Waals surface area contributed by atoms with E-state index in [-0.39, 0.29) is 5.91 Å². The Morgan fingerprint density at radius 3 is 2.57 bits per heavy atom. The zero-order chi connectivity index (χ0) is 15.9. The van der Waals surface area contributed by atoms with Gasteiger partial charge < -0.3 is 15.1 Å². The van der Waals surface area contributed by atoms with Crippen LogP contribution in [-0.2, 0) is 0 Å². The average molecular weight is 313 g/mol. The first kappa shape index (κ1) is 15.8. The van der Waals surface area contributed by atoms with Gasteiger partial charge in [-0.15, -0.1) is 0 Å². The lowest BCUT2D eigenvalue weighted by Crippen LogP contribution is -2.91. The van der Waals surface area contributed by atoms with Gasteiger partial charge in [0, 0.05) is 0 Å². The minimum absolute atomic E-state index is 0.129. The molecule has 23 heavy (non-hydrogen) atoms. The Morgan fingerprint density at radius 2 is 1.87 bits per heavy atom. The Morgan fingerprint density at radius 1 is 1.09 bits per heavy atom. The highest BCUT2D eigenvalue weighted by Gasteiger charge is 2.23. The van der Waals surface area contributed by atoms with Crippen LogP contribution in [0.2, 0.25) is 0 Å². The van der Waals surface area contributed by atoms with E-state index in [1.54, 1.807) is 12.1 Å². The topological polar surface area (TPSA) is 58.9 Å². The summed E-state index contributed by atoms with van der Waals surface area (Å²) in [6.07, 6.45) is 6.57. The second kappa shape index (κ2) is 7.97. The Balaban J connectivity index is 1.33. The Labute approximate surface area is 137 Å². The molecule has 0 atom stereocenters. The molecule has 2 aromatic rings. The Hall–Kier alpha value is -2.07. The molecule has 0 aliphatic heterocycles. The van der Waals surface area contributed by atoms with Crippen LogP contribution in [0.1, 0.15) is 47.7 Å². The number of nitrogens with two attached hydrogens (primary N) is 1. The molecular weight excluding hydrogens is 288 g/mol. The number of rotatable bonds is 6. The second-order valence-corrected chi connectivity index (χ2v) is 6.28. The van der Waals surface area contributed by atoms with Gasteiger partial charge in [-0.25, -0.2) is 0 Å². The molecule has 0 bridgehead atoms. The normalized spacial score (nSPS) is 21.0. The zero-order valence-corrected chi connectivity index (χ0v) is 13.4. The molecule has 1 heterocycles.